The molecule has 0 bridgehead atoms. The van der Waals surface area contributed by atoms with Gasteiger partial charge in [0.05, 0.1) is 11.5 Å². The Kier molecular flexibility index (Phi) is 10.1. The Labute approximate surface area is 178 Å². The first-order valence-corrected chi connectivity index (χ1v) is 8.28. The van der Waals surface area contributed by atoms with E-state index in [2.05, 4.69) is 20.4 Å². The van der Waals surface area contributed by atoms with Gasteiger partial charge in [-0.05, 0) is 13.0 Å². The number of para-hydroxylation sites is 2. The molecule has 0 radical (unpaired) electrons. The van der Waals surface area contributed by atoms with Crippen LogP contribution in [-0.4, -0.2) is 24.0 Å². The quantitative estimate of drug-likeness (QED) is 0.185. The lowest BCUT2D eigenvalue weighted by Crippen LogP contribution is -2.36. The topological polar surface area (TPSA) is 88.8 Å². The number of ether oxygens (including phenoxy) is 1. The van der Waals surface area contributed by atoms with Gasteiger partial charge in [0, 0.05) is 30.3 Å². The summed E-state index contributed by atoms with van der Waals surface area (Å²) in [4.78, 5) is 15.0. The van der Waals surface area contributed by atoms with Crippen LogP contribution in [0.15, 0.2) is 53.5 Å². The number of alkyl halides is 2. The molecule has 28 heavy (non-hydrogen) atoms. The monoisotopic (exact) mass is 506 g/mol. The van der Waals surface area contributed by atoms with Gasteiger partial charge in [0.1, 0.15) is 5.75 Å². The maximum absolute atomic E-state index is 12.5. The zero-order valence-electron chi connectivity index (χ0n) is 15.1. The number of nitrogens with zero attached hydrogens (tertiary/aromatic N) is 2. The second kappa shape index (κ2) is 12.1. The summed E-state index contributed by atoms with van der Waals surface area (Å²) in [5, 5.41) is 17.1. The summed E-state index contributed by atoms with van der Waals surface area (Å²) in [6, 6.07) is 12.8. The van der Waals surface area contributed by atoms with Crippen molar-refractivity contribution < 1.29 is 18.4 Å². The summed E-state index contributed by atoms with van der Waals surface area (Å²) in [6.45, 7) is -0.179. The molecule has 2 aromatic carbocycles. The van der Waals surface area contributed by atoms with E-state index < -0.39 is 11.5 Å². The van der Waals surface area contributed by atoms with E-state index in [1.807, 2.05) is 6.92 Å². The zero-order valence-corrected chi connectivity index (χ0v) is 17.4. The number of aliphatic imine (C=N–C) groups is 1. The second-order valence-electron chi connectivity index (χ2n) is 5.42. The lowest BCUT2D eigenvalue weighted by atomic mass is 10.2. The Hall–Kier alpha value is -2.50. The molecule has 0 spiro atoms. The van der Waals surface area contributed by atoms with Gasteiger partial charge in [0.25, 0.3) is 5.69 Å². The fourth-order valence-electron chi connectivity index (χ4n) is 2.37. The number of hydrogen-bond donors (Lipinski definition) is 2. The van der Waals surface area contributed by atoms with Gasteiger partial charge in [-0.25, -0.2) is 4.99 Å². The van der Waals surface area contributed by atoms with Gasteiger partial charge in [0.15, 0.2) is 5.96 Å². The second-order valence-corrected chi connectivity index (χ2v) is 5.42. The number of rotatable bonds is 8. The molecule has 2 aromatic rings. The summed E-state index contributed by atoms with van der Waals surface area (Å²) in [5.41, 5.74) is 1.02. The van der Waals surface area contributed by atoms with Crippen LogP contribution in [0.2, 0.25) is 0 Å². The van der Waals surface area contributed by atoms with Gasteiger partial charge in [-0.3, -0.25) is 10.1 Å². The van der Waals surface area contributed by atoms with Crippen molar-refractivity contribution in [3.8, 4) is 5.75 Å². The molecule has 0 unspecified atom stereocenters. The fourth-order valence-corrected chi connectivity index (χ4v) is 2.37. The smallest absolute Gasteiger partial charge is 0.387 e. The molecular formula is C18H21F2IN4O3. The van der Waals surface area contributed by atoms with Crippen LogP contribution in [0.5, 0.6) is 5.75 Å². The van der Waals surface area contributed by atoms with Crippen molar-refractivity contribution in [1.29, 1.82) is 0 Å². The largest absolute Gasteiger partial charge is 0.434 e. The van der Waals surface area contributed by atoms with E-state index in [0.29, 0.717) is 23.6 Å². The molecule has 0 atom stereocenters. The summed E-state index contributed by atoms with van der Waals surface area (Å²) in [6.07, 6.45) is 0. The van der Waals surface area contributed by atoms with Crippen LogP contribution >= 0.6 is 24.0 Å². The third-order valence-corrected chi connectivity index (χ3v) is 3.57. The first-order chi connectivity index (χ1) is 13.0. The van der Waals surface area contributed by atoms with E-state index >= 15 is 0 Å². The number of halogens is 3. The van der Waals surface area contributed by atoms with Crippen LogP contribution in [0.25, 0.3) is 0 Å². The minimum Gasteiger partial charge on any atom is -0.434 e. The van der Waals surface area contributed by atoms with Gasteiger partial charge < -0.3 is 15.4 Å². The molecule has 0 amide bonds. The van der Waals surface area contributed by atoms with E-state index in [1.54, 1.807) is 36.4 Å². The molecule has 0 aliphatic heterocycles. The Balaban J connectivity index is 0.00000392. The number of nitro groups is 1. The van der Waals surface area contributed by atoms with Crippen molar-refractivity contribution in [1.82, 2.24) is 10.6 Å². The summed E-state index contributed by atoms with van der Waals surface area (Å²) in [7, 11) is 0. The molecule has 152 valence electrons. The van der Waals surface area contributed by atoms with Gasteiger partial charge in [-0.1, -0.05) is 36.4 Å². The highest BCUT2D eigenvalue weighted by molar-refractivity contribution is 14.0. The first kappa shape index (κ1) is 23.5. The van der Waals surface area contributed by atoms with Crippen molar-refractivity contribution in [3.05, 3.63) is 69.8 Å². The maximum Gasteiger partial charge on any atom is 0.387 e. The maximum atomic E-state index is 12.5. The number of benzene rings is 2. The molecule has 7 nitrogen and oxygen atoms in total. The molecule has 0 saturated heterocycles. The predicted octanol–water partition coefficient (Wildman–Crippen LogP) is 4.07. The van der Waals surface area contributed by atoms with E-state index in [-0.39, 0.29) is 48.5 Å². The van der Waals surface area contributed by atoms with Crippen molar-refractivity contribution in [2.45, 2.75) is 26.6 Å². The average Bonchev–Trinajstić information content (AvgIpc) is 2.64. The van der Waals surface area contributed by atoms with Crippen molar-refractivity contribution >= 4 is 35.6 Å². The lowest BCUT2D eigenvalue weighted by Gasteiger charge is -2.13. The highest BCUT2D eigenvalue weighted by Gasteiger charge is 2.13. The molecule has 0 fully saturated rings. The minimum atomic E-state index is -2.92. The van der Waals surface area contributed by atoms with Crippen molar-refractivity contribution in [2.75, 3.05) is 6.54 Å². The van der Waals surface area contributed by atoms with Crippen molar-refractivity contribution in [3.63, 3.8) is 0 Å². The van der Waals surface area contributed by atoms with Gasteiger partial charge in [-0.15, -0.1) is 24.0 Å². The Morgan fingerprint density at radius 3 is 2.43 bits per heavy atom. The van der Waals surface area contributed by atoms with E-state index in [1.165, 1.54) is 12.1 Å². The number of hydrogen-bond acceptors (Lipinski definition) is 4. The fraction of sp³-hybridized carbons (Fsp3) is 0.278. The molecule has 0 heterocycles. The average molecular weight is 506 g/mol. The van der Waals surface area contributed by atoms with E-state index in [9.17, 15) is 18.9 Å². The Morgan fingerprint density at radius 1 is 1.14 bits per heavy atom. The normalized spacial score (nSPS) is 10.9. The number of nitro benzene ring substituents is 1. The molecule has 2 N–H and O–H groups in total. The molecular weight excluding hydrogens is 485 g/mol. The van der Waals surface area contributed by atoms with Crippen LogP contribution in [0.3, 0.4) is 0 Å². The van der Waals surface area contributed by atoms with E-state index in [4.69, 9.17) is 0 Å². The summed E-state index contributed by atoms with van der Waals surface area (Å²) in [5.74, 6) is 0.466. The number of nitrogens with one attached hydrogen (secondary N) is 2. The van der Waals surface area contributed by atoms with E-state index in [0.717, 1.165) is 0 Å². The summed E-state index contributed by atoms with van der Waals surface area (Å²) >= 11 is 0. The SMILES string of the molecule is CCNC(=NCc1ccccc1OC(F)F)NCc1ccccc1[N+](=O)[O-].I. The van der Waals surface area contributed by atoms with Crippen molar-refractivity contribution in [2.24, 2.45) is 4.99 Å². The third-order valence-electron chi connectivity index (χ3n) is 3.57. The van der Waals surface area contributed by atoms with Gasteiger partial charge in [0.2, 0.25) is 0 Å². The molecule has 0 aliphatic carbocycles. The highest BCUT2D eigenvalue weighted by Crippen LogP contribution is 2.21. The molecule has 0 aromatic heterocycles. The zero-order chi connectivity index (χ0) is 19.6. The lowest BCUT2D eigenvalue weighted by molar-refractivity contribution is -0.385. The molecule has 0 aliphatic rings. The van der Waals surface area contributed by atoms with Crippen LogP contribution in [0.4, 0.5) is 14.5 Å². The summed E-state index contributed by atoms with van der Waals surface area (Å²) < 4.78 is 29.5. The molecule has 0 saturated carbocycles. The standard InChI is InChI=1S/C18H20F2N4O3.HI/c1-2-21-18(22-11-13-7-3-5-9-15(13)24(25)26)23-12-14-8-4-6-10-16(14)27-17(19)20;/h3-10,17H,2,11-12H2,1H3,(H2,21,22,23);1H. The Bertz CT molecular complexity index is 806. The molecule has 10 heteroatoms. The first-order valence-electron chi connectivity index (χ1n) is 8.28. The Morgan fingerprint density at radius 2 is 1.79 bits per heavy atom. The third kappa shape index (κ3) is 7.25. The van der Waals surface area contributed by atoms with Crippen LogP contribution in [-0.2, 0) is 13.1 Å². The highest BCUT2D eigenvalue weighted by atomic mass is 127. The molecule has 2 rings (SSSR count). The minimum absolute atomic E-state index is 0. The predicted molar refractivity (Wildman–Crippen MR) is 113 cm³/mol. The van der Waals surface area contributed by atoms with Gasteiger partial charge >= 0.3 is 6.61 Å². The van der Waals surface area contributed by atoms with Crippen LogP contribution in [0, 0.1) is 10.1 Å². The van der Waals surface area contributed by atoms with Crippen LogP contribution in [0.1, 0.15) is 18.1 Å². The number of guanidine groups is 1. The van der Waals surface area contributed by atoms with Crippen LogP contribution < -0.4 is 15.4 Å². The van der Waals surface area contributed by atoms with Gasteiger partial charge in [-0.2, -0.15) is 8.78 Å².